The SMILES string of the molecule is O=S(=O)(NCCOc1ccc(Cn2ccnc2)cc1)c1ccc(Cl)cc1. The minimum absolute atomic E-state index is 0.168. The van der Waals surface area contributed by atoms with Crippen molar-refractivity contribution in [2.45, 2.75) is 11.4 Å². The molecule has 0 aliphatic carbocycles. The zero-order valence-electron chi connectivity index (χ0n) is 13.9. The van der Waals surface area contributed by atoms with E-state index in [1.54, 1.807) is 12.5 Å². The first kappa shape index (κ1) is 18.4. The minimum Gasteiger partial charge on any atom is -0.492 e. The number of hydrogen-bond acceptors (Lipinski definition) is 4. The summed E-state index contributed by atoms with van der Waals surface area (Å²) in [6.07, 6.45) is 5.40. The quantitative estimate of drug-likeness (QED) is 0.599. The smallest absolute Gasteiger partial charge is 0.240 e. The Bertz CT molecular complexity index is 925. The van der Waals surface area contributed by atoms with E-state index in [0.29, 0.717) is 10.8 Å². The van der Waals surface area contributed by atoms with Crippen LogP contribution < -0.4 is 9.46 Å². The predicted octanol–water partition coefficient (Wildman–Crippen LogP) is 2.94. The molecule has 1 heterocycles. The number of sulfonamides is 1. The Morgan fingerprint density at radius 3 is 2.46 bits per heavy atom. The molecule has 136 valence electrons. The van der Waals surface area contributed by atoms with Crippen molar-refractivity contribution in [3.63, 3.8) is 0 Å². The lowest BCUT2D eigenvalue weighted by atomic mass is 10.2. The van der Waals surface area contributed by atoms with Crippen molar-refractivity contribution in [2.75, 3.05) is 13.2 Å². The fourth-order valence-corrected chi connectivity index (χ4v) is 3.46. The summed E-state index contributed by atoms with van der Waals surface area (Å²) in [6, 6.07) is 13.7. The molecule has 8 heteroatoms. The van der Waals surface area contributed by atoms with Crippen LogP contribution in [-0.4, -0.2) is 31.1 Å². The Kier molecular flexibility index (Phi) is 5.92. The van der Waals surface area contributed by atoms with E-state index in [-0.39, 0.29) is 18.0 Å². The number of aromatic nitrogens is 2. The number of nitrogens with zero attached hydrogens (tertiary/aromatic N) is 2. The summed E-state index contributed by atoms with van der Waals surface area (Å²) in [5, 5.41) is 0.490. The van der Waals surface area contributed by atoms with Crippen LogP contribution in [0.5, 0.6) is 5.75 Å². The van der Waals surface area contributed by atoms with Crippen LogP contribution in [0.25, 0.3) is 0 Å². The summed E-state index contributed by atoms with van der Waals surface area (Å²) < 4.78 is 34.3. The van der Waals surface area contributed by atoms with Crippen LogP contribution in [0.2, 0.25) is 5.02 Å². The van der Waals surface area contributed by atoms with Crippen LogP contribution in [-0.2, 0) is 16.6 Å². The molecule has 0 saturated heterocycles. The van der Waals surface area contributed by atoms with Gasteiger partial charge in [-0.05, 0) is 42.0 Å². The van der Waals surface area contributed by atoms with Crippen LogP contribution in [0.1, 0.15) is 5.56 Å². The maximum absolute atomic E-state index is 12.1. The van der Waals surface area contributed by atoms with Gasteiger partial charge in [0, 0.05) is 30.5 Å². The average molecular weight is 392 g/mol. The van der Waals surface area contributed by atoms with Crippen molar-refractivity contribution < 1.29 is 13.2 Å². The van der Waals surface area contributed by atoms with Crippen LogP contribution >= 0.6 is 11.6 Å². The van der Waals surface area contributed by atoms with Crippen LogP contribution in [0.4, 0.5) is 0 Å². The van der Waals surface area contributed by atoms with E-state index in [2.05, 4.69) is 9.71 Å². The molecule has 0 aliphatic heterocycles. The molecule has 0 radical (unpaired) electrons. The van der Waals surface area contributed by atoms with Crippen LogP contribution in [0, 0.1) is 0 Å². The van der Waals surface area contributed by atoms with Crippen LogP contribution in [0.15, 0.2) is 72.1 Å². The molecule has 26 heavy (non-hydrogen) atoms. The molecular formula is C18H18ClN3O3S. The highest BCUT2D eigenvalue weighted by atomic mass is 35.5. The van der Waals surface area contributed by atoms with E-state index in [9.17, 15) is 8.42 Å². The molecule has 1 aromatic heterocycles. The molecule has 2 aromatic carbocycles. The molecule has 0 saturated carbocycles. The zero-order valence-corrected chi connectivity index (χ0v) is 15.4. The van der Waals surface area contributed by atoms with Gasteiger partial charge in [-0.1, -0.05) is 23.7 Å². The van der Waals surface area contributed by atoms with Gasteiger partial charge >= 0.3 is 0 Å². The molecule has 3 rings (SSSR count). The topological polar surface area (TPSA) is 73.2 Å². The van der Waals surface area contributed by atoms with E-state index >= 15 is 0 Å². The molecule has 0 fully saturated rings. The van der Waals surface area contributed by atoms with Crippen molar-refractivity contribution >= 4 is 21.6 Å². The third kappa shape index (κ3) is 5.08. The maximum Gasteiger partial charge on any atom is 0.240 e. The largest absolute Gasteiger partial charge is 0.492 e. The van der Waals surface area contributed by atoms with Gasteiger partial charge in [0.2, 0.25) is 10.0 Å². The van der Waals surface area contributed by atoms with Gasteiger partial charge in [-0.2, -0.15) is 0 Å². The second-order valence-corrected chi connectivity index (χ2v) is 7.78. The first-order valence-electron chi connectivity index (χ1n) is 7.96. The van der Waals surface area contributed by atoms with Crippen molar-refractivity contribution in [3.8, 4) is 5.75 Å². The molecule has 3 aromatic rings. The van der Waals surface area contributed by atoms with Gasteiger partial charge in [-0.15, -0.1) is 0 Å². The van der Waals surface area contributed by atoms with Crippen molar-refractivity contribution in [2.24, 2.45) is 0 Å². The summed E-state index contributed by atoms with van der Waals surface area (Å²) in [6.45, 7) is 1.14. The van der Waals surface area contributed by atoms with Gasteiger partial charge in [-0.25, -0.2) is 18.1 Å². The number of imidazole rings is 1. The molecule has 0 aliphatic rings. The zero-order chi connectivity index (χ0) is 18.4. The number of nitrogens with one attached hydrogen (secondary N) is 1. The second-order valence-electron chi connectivity index (χ2n) is 5.58. The third-order valence-corrected chi connectivity index (χ3v) is 5.36. The van der Waals surface area contributed by atoms with Crippen molar-refractivity contribution in [3.05, 3.63) is 77.8 Å². The second kappa shape index (κ2) is 8.35. The Balaban J connectivity index is 1.46. The normalized spacial score (nSPS) is 11.4. The van der Waals surface area contributed by atoms with Gasteiger partial charge in [0.1, 0.15) is 12.4 Å². The molecule has 0 amide bonds. The maximum atomic E-state index is 12.1. The molecule has 0 unspecified atom stereocenters. The van der Waals surface area contributed by atoms with Gasteiger partial charge in [0.05, 0.1) is 11.2 Å². The van der Waals surface area contributed by atoms with E-state index < -0.39 is 10.0 Å². The number of benzene rings is 2. The number of hydrogen-bond donors (Lipinski definition) is 1. The summed E-state index contributed by atoms with van der Waals surface area (Å²) in [5.41, 5.74) is 1.12. The first-order valence-corrected chi connectivity index (χ1v) is 9.82. The Morgan fingerprint density at radius 2 is 1.81 bits per heavy atom. The molecule has 0 spiro atoms. The lowest BCUT2D eigenvalue weighted by molar-refractivity contribution is 0.322. The predicted molar refractivity (Wildman–Crippen MR) is 99.9 cm³/mol. The Hall–Kier alpha value is -2.35. The lowest BCUT2D eigenvalue weighted by Gasteiger charge is -2.09. The van der Waals surface area contributed by atoms with E-state index in [1.165, 1.54) is 24.3 Å². The fourth-order valence-electron chi connectivity index (χ4n) is 2.32. The highest BCUT2D eigenvalue weighted by Crippen LogP contribution is 2.14. The summed E-state index contributed by atoms with van der Waals surface area (Å²) >= 11 is 5.77. The first-order chi connectivity index (χ1) is 12.5. The molecular weight excluding hydrogens is 374 g/mol. The average Bonchev–Trinajstić information content (AvgIpc) is 3.13. The third-order valence-electron chi connectivity index (χ3n) is 3.63. The Labute approximate surface area is 157 Å². The van der Waals surface area contributed by atoms with Gasteiger partial charge < -0.3 is 9.30 Å². The lowest BCUT2D eigenvalue weighted by Crippen LogP contribution is -2.28. The minimum atomic E-state index is -3.56. The van der Waals surface area contributed by atoms with Gasteiger partial charge in [0.15, 0.2) is 0 Å². The summed E-state index contributed by atoms with van der Waals surface area (Å²) in [7, 11) is -3.56. The number of rotatable bonds is 8. The van der Waals surface area contributed by atoms with E-state index in [1.807, 2.05) is 35.0 Å². The van der Waals surface area contributed by atoms with Crippen LogP contribution in [0.3, 0.4) is 0 Å². The van der Waals surface area contributed by atoms with E-state index in [4.69, 9.17) is 16.3 Å². The highest BCUT2D eigenvalue weighted by molar-refractivity contribution is 7.89. The number of ether oxygens (including phenoxy) is 1. The van der Waals surface area contributed by atoms with Crippen molar-refractivity contribution in [1.82, 2.24) is 14.3 Å². The molecule has 1 N–H and O–H groups in total. The molecule has 0 atom stereocenters. The molecule has 0 bridgehead atoms. The monoisotopic (exact) mass is 391 g/mol. The van der Waals surface area contributed by atoms with E-state index in [0.717, 1.165) is 12.1 Å². The molecule has 6 nitrogen and oxygen atoms in total. The fraction of sp³-hybridized carbons (Fsp3) is 0.167. The Morgan fingerprint density at radius 1 is 1.08 bits per heavy atom. The highest BCUT2D eigenvalue weighted by Gasteiger charge is 2.12. The summed E-state index contributed by atoms with van der Waals surface area (Å²) in [5.74, 6) is 0.685. The summed E-state index contributed by atoms with van der Waals surface area (Å²) in [4.78, 5) is 4.18. The number of halogens is 1. The van der Waals surface area contributed by atoms with Crippen molar-refractivity contribution in [1.29, 1.82) is 0 Å². The van der Waals surface area contributed by atoms with Gasteiger partial charge in [0.25, 0.3) is 0 Å². The standard InChI is InChI=1S/C18H18ClN3O3S/c19-16-3-7-18(8-4-16)26(23,24)21-10-12-25-17-5-1-15(2-6-17)13-22-11-9-20-14-22/h1-9,11,14,21H,10,12-13H2. The van der Waals surface area contributed by atoms with Gasteiger partial charge in [-0.3, -0.25) is 0 Å².